The van der Waals surface area contributed by atoms with E-state index >= 15 is 0 Å². The van der Waals surface area contributed by atoms with E-state index in [2.05, 4.69) is 10.1 Å². The lowest BCUT2D eigenvalue weighted by Crippen LogP contribution is -2.35. The van der Waals surface area contributed by atoms with Crippen LogP contribution in [0.4, 0.5) is 26.3 Å². The number of alkyl halides is 6. The quantitative estimate of drug-likeness (QED) is 0.689. The van der Waals surface area contributed by atoms with Crippen molar-refractivity contribution in [1.29, 1.82) is 0 Å². The molecule has 0 aromatic carbocycles. The molecule has 0 heterocycles. The summed E-state index contributed by atoms with van der Waals surface area (Å²) in [5.74, 6) is 0. The third kappa shape index (κ3) is 12.0. The molecule has 0 amide bonds. The zero-order valence-corrected chi connectivity index (χ0v) is 10.00. The molecule has 18 heavy (non-hydrogen) atoms. The average Bonchev–Trinajstić information content (AvgIpc) is 2.13. The summed E-state index contributed by atoms with van der Waals surface area (Å²) < 4.78 is 75.5. The molecular weight excluding hydrogens is 264 g/mol. The fourth-order valence-corrected chi connectivity index (χ4v) is 1.40. The molecular formula is C10H17F6NO. The number of likely N-dealkylation sites (N-methyl/N-ethyl adjacent to an activating group) is 1. The second-order valence-electron chi connectivity index (χ2n) is 3.89. The van der Waals surface area contributed by atoms with E-state index in [1.165, 1.54) is 0 Å². The lowest BCUT2D eigenvalue weighted by atomic mass is 10.1. The van der Waals surface area contributed by atoms with Crippen LogP contribution in [0.5, 0.6) is 0 Å². The molecule has 2 nitrogen and oxygen atoms in total. The van der Waals surface area contributed by atoms with Crippen molar-refractivity contribution in [2.45, 2.75) is 44.6 Å². The van der Waals surface area contributed by atoms with Crippen molar-refractivity contribution in [2.24, 2.45) is 0 Å². The Kier molecular flexibility index (Phi) is 7.61. The first-order valence-electron chi connectivity index (χ1n) is 5.58. The fraction of sp³-hybridized carbons (Fsp3) is 1.00. The predicted molar refractivity (Wildman–Crippen MR) is 54.2 cm³/mol. The molecule has 110 valence electrons. The second-order valence-corrected chi connectivity index (χ2v) is 3.89. The largest absolute Gasteiger partial charge is 0.411 e. The lowest BCUT2D eigenvalue weighted by molar-refractivity contribution is -0.175. The van der Waals surface area contributed by atoms with E-state index in [1.807, 2.05) is 0 Å². The minimum atomic E-state index is -4.41. The number of rotatable bonds is 8. The van der Waals surface area contributed by atoms with Crippen LogP contribution in [-0.4, -0.2) is 38.2 Å². The van der Waals surface area contributed by atoms with Gasteiger partial charge in [-0.2, -0.15) is 26.3 Å². The van der Waals surface area contributed by atoms with Gasteiger partial charge in [0.1, 0.15) is 6.61 Å². The maximum Gasteiger partial charge on any atom is 0.411 e. The summed E-state index contributed by atoms with van der Waals surface area (Å²) >= 11 is 0. The van der Waals surface area contributed by atoms with Crippen molar-refractivity contribution in [3.63, 3.8) is 0 Å². The molecule has 8 heteroatoms. The van der Waals surface area contributed by atoms with Crippen molar-refractivity contribution in [1.82, 2.24) is 5.32 Å². The van der Waals surface area contributed by atoms with Crippen molar-refractivity contribution in [3.05, 3.63) is 0 Å². The predicted octanol–water partition coefficient (Wildman–Crippen LogP) is 3.28. The molecule has 1 unspecified atom stereocenters. The lowest BCUT2D eigenvalue weighted by Gasteiger charge is -2.18. The first-order chi connectivity index (χ1) is 8.14. The molecule has 0 aromatic rings. The molecule has 0 spiro atoms. The van der Waals surface area contributed by atoms with Gasteiger partial charge in [-0.3, -0.25) is 0 Å². The van der Waals surface area contributed by atoms with Crippen molar-refractivity contribution in [2.75, 3.05) is 19.8 Å². The zero-order valence-electron chi connectivity index (χ0n) is 10.00. The zero-order chi connectivity index (χ0) is 14.2. The minimum Gasteiger partial charge on any atom is -0.370 e. The number of hydrogen-bond donors (Lipinski definition) is 1. The molecule has 1 N–H and O–H groups in total. The van der Waals surface area contributed by atoms with Gasteiger partial charge in [0, 0.05) is 12.5 Å². The Labute approximate surface area is 102 Å². The summed E-state index contributed by atoms with van der Waals surface area (Å²) in [5, 5.41) is 2.80. The van der Waals surface area contributed by atoms with Crippen LogP contribution < -0.4 is 5.32 Å². The molecule has 0 radical (unpaired) electrons. The Morgan fingerprint density at radius 1 is 1.06 bits per heavy atom. The molecule has 0 fully saturated rings. The fourth-order valence-electron chi connectivity index (χ4n) is 1.40. The van der Waals surface area contributed by atoms with Gasteiger partial charge in [0.15, 0.2) is 0 Å². The summed E-state index contributed by atoms with van der Waals surface area (Å²) in [4.78, 5) is 0. The Bertz CT molecular complexity index is 195. The first-order valence-corrected chi connectivity index (χ1v) is 5.58. The van der Waals surface area contributed by atoms with Gasteiger partial charge in [-0.05, 0) is 19.4 Å². The van der Waals surface area contributed by atoms with E-state index in [0.717, 1.165) is 0 Å². The van der Waals surface area contributed by atoms with Gasteiger partial charge in [0.25, 0.3) is 0 Å². The summed E-state index contributed by atoms with van der Waals surface area (Å²) in [6, 6.07) is -0.486. The van der Waals surface area contributed by atoms with E-state index in [-0.39, 0.29) is 19.4 Å². The van der Waals surface area contributed by atoms with E-state index in [4.69, 9.17) is 0 Å². The monoisotopic (exact) mass is 281 g/mol. The standard InChI is InChI=1S/C10H17F6NO/c1-2-17-8(4-3-5-9(11,12)13)6-18-7-10(14,15)16/h8,17H,2-7H2,1H3. The summed E-state index contributed by atoms with van der Waals surface area (Å²) in [6.07, 6.45) is -9.58. The molecule has 0 aliphatic carbocycles. The second kappa shape index (κ2) is 7.83. The molecule has 0 aliphatic rings. The smallest absolute Gasteiger partial charge is 0.370 e. The normalized spacial score (nSPS) is 14.8. The highest BCUT2D eigenvalue weighted by molar-refractivity contribution is 4.67. The maximum atomic E-state index is 11.9. The molecule has 0 saturated heterocycles. The van der Waals surface area contributed by atoms with Crippen LogP contribution in [0, 0.1) is 0 Å². The highest BCUT2D eigenvalue weighted by Gasteiger charge is 2.29. The molecule has 0 saturated carbocycles. The van der Waals surface area contributed by atoms with Crippen molar-refractivity contribution < 1.29 is 31.1 Å². The van der Waals surface area contributed by atoms with Gasteiger partial charge in [-0.15, -0.1) is 0 Å². The SMILES string of the molecule is CCNC(CCCC(F)(F)F)COCC(F)(F)F. The van der Waals surface area contributed by atoms with E-state index < -0.39 is 31.4 Å². The summed E-state index contributed by atoms with van der Waals surface area (Å²) in [5.41, 5.74) is 0. The van der Waals surface area contributed by atoms with Crippen LogP contribution in [0.25, 0.3) is 0 Å². The maximum absolute atomic E-state index is 11.9. The minimum absolute atomic E-state index is 0.128. The summed E-state index contributed by atoms with van der Waals surface area (Å²) in [7, 11) is 0. The topological polar surface area (TPSA) is 21.3 Å². The van der Waals surface area contributed by atoms with Crippen molar-refractivity contribution >= 4 is 0 Å². The number of nitrogens with one attached hydrogen (secondary N) is 1. The van der Waals surface area contributed by atoms with E-state index in [1.54, 1.807) is 6.92 Å². The first kappa shape index (κ1) is 17.5. The van der Waals surface area contributed by atoms with Crippen LogP contribution in [0.3, 0.4) is 0 Å². The van der Waals surface area contributed by atoms with Gasteiger partial charge in [-0.25, -0.2) is 0 Å². The molecule has 0 bridgehead atoms. The van der Waals surface area contributed by atoms with Crippen LogP contribution >= 0.6 is 0 Å². The molecule has 1 atom stereocenters. The van der Waals surface area contributed by atoms with Gasteiger partial charge in [0.2, 0.25) is 0 Å². The van der Waals surface area contributed by atoms with Crippen LogP contribution in [-0.2, 0) is 4.74 Å². The van der Waals surface area contributed by atoms with Gasteiger partial charge in [0.05, 0.1) is 6.61 Å². The number of ether oxygens (including phenoxy) is 1. The van der Waals surface area contributed by atoms with Crippen LogP contribution in [0.15, 0.2) is 0 Å². The van der Waals surface area contributed by atoms with Crippen molar-refractivity contribution in [3.8, 4) is 0 Å². The average molecular weight is 281 g/mol. The highest BCUT2D eigenvalue weighted by atomic mass is 19.4. The number of halogens is 6. The van der Waals surface area contributed by atoms with Gasteiger partial charge < -0.3 is 10.1 Å². The Balaban J connectivity index is 3.85. The molecule has 0 aliphatic heterocycles. The third-order valence-corrected chi connectivity index (χ3v) is 2.09. The Morgan fingerprint density at radius 2 is 1.67 bits per heavy atom. The Hall–Kier alpha value is -0.500. The molecule has 0 rings (SSSR count). The van der Waals surface area contributed by atoms with Gasteiger partial charge >= 0.3 is 12.4 Å². The van der Waals surface area contributed by atoms with Crippen LogP contribution in [0.2, 0.25) is 0 Å². The Morgan fingerprint density at radius 3 is 2.11 bits per heavy atom. The highest BCUT2D eigenvalue weighted by Crippen LogP contribution is 2.22. The summed E-state index contributed by atoms with van der Waals surface area (Å²) in [6.45, 7) is 0.561. The van der Waals surface area contributed by atoms with E-state index in [0.29, 0.717) is 6.54 Å². The third-order valence-electron chi connectivity index (χ3n) is 2.09. The van der Waals surface area contributed by atoms with Gasteiger partial charge in [-0.1, -0.05) is 6.92 Å². The molecule has 0 aromatic heterocycles. The van der Waals surface area contributed by atoms with E-state index in [9.17, 15) is 26.3 Å². The number of hydrogen-bond acceptors (Lipinski definition) is 2. The van der Waals surface area contributed by atoms with Crippen LogP contribution in [0.1, 0.15) is 26.2 Å².